The van der Waals surface area contributed by atoms with Crippen LogP contribution in [0.4, 0.5) is 5.69 Å². The zero-order valence-electron chi connectivity index (χ0n) is 12.6. The minimum Gasteiger partial charge on any atom is -0.480 e. The van der Waals surface area contributed by atoms with E-state index in [0.717, 1.165) is 5.69 Å². The van der Waals surface area contributed by atoms with Crippen LogP contribution in [0.3, 0.4) is 0 Å². The van der Waals surface area contributed by atoms with E-state index < -0.39 is 17.9 Å². The first-order valence-electron chi connectivity index (χ1n) is 6.68. The molecule has 0 radical (unpaired) electrons. The van der Waals surface area contributed by atoms with Crippen molar-refractivity contribution in [3.05, 3.63) is 35.8 Å². The summed E-state index contributed by atoms with van der Waals surface area (Å²) in [4.78, 5) is 27.1. The number of anilines is 1. The van der Waals surface area contributed by atoms with Crippen molar-refractivity contribution in [3.63, 3.8) is 0 Å². The SMILES string of the molecule is Cc1ccc(N/C=C(/C#N)C(=O)NC(C(=O)O)C(C)C)cn1. The molecule has 1 aromatic heterocycles. The van der Waals surface area contributed by atoms with Crippen LogP contribution in [0, 0.1) is 24.2 Å². The van der Waals surface area contributed by atoms with E-state index in [0.29, 0.717) is 5.69 Å². The number of aryl methyl sites for hydroxylation is 1. The number of aliphatic carboxylic acids is 1. The van der Waals surface area contributed by atoms with Gasteiger partial charge in [0.05, 0.1) is 11.9 Å². The molecule has 1 atom stereocenters. The molecule has 0 bridgehead atoms. The van der Waals surface area contributed by atoms with Crippen LogP contribution < -0.4 is 10.6 Å². The molecule has 7 heteroatoms. The molecule has 0 spiro atoms. The number of carbonyl (C=O) groups is 2. The van der Waals surface area contributed by atoms with Gasteiger partial charge >= 0.3 is 5.97 Å². The van der Waals surface area contributed by atoms with Crippen molar-refractivity contribution in [1.82, 2.24) is 10.3 Å². The molecule has 0 saturated heterocycles. The second-order valence-electron chi connectivity index (χ2n) is 5.04. The van der Waals surface area contributed by atoms with Crippen molar-refractivity contribution < 1.29 is 14.7 Å². The number of nitrogens with zero attached hydrogens (tertiary/aromatic N) is 2. The van der Waals surface area contributed by atoms with E-state index in [1.807, 2.05) is 6.92 Å². The molecule has 1 unspecified atom stereocenters. The number of aromatic nitrogens is 1. The molecular weight excluding hydrogens is 284 g/mol. The molecule has 7 nitrogen and oxygen atoms in total. The number of nitriles is 1. The van der Waals surface area contributed by atoms with Gasteiger partial charge in [-0.15, -0.1) is 0 Å². The molecule has 116 valence electrons. The lowest BCUT2D eigenvalue weighted by molar-refractivity contribution is -0.142. The Kier molecular flexibility index (Phi) is 6.08. The van der Waals surface area contributed by atoms with Gasteiger partial charge in [-0.25, -0.2) is 4.79 Å². The van der Waals surface area contributed by atoms with Crippen LogP contribution in [0.2, 0.25) is 0 Å². The zero-order chi connectivity index (χ0) is 16.7. The Morgan fingerprint density at radius 3 is 2.55 bits per heavy atom. The van der Waals surface area contributed by atoms with E-state index in [1.165, 1.54) is 6.20 Å². The van der Waals surface area contributed by atoms with Gasteiger partial charge in [0.15, 0.2) is 0 Å². The van der Waals surface area contributed by atoms with Gasteiger partial charge in [-0.1, -0.05) is 13.8 Å². The summed E-state index contributed by atoms with van der Waals surface area (Å²) in [5.41, 5.74) is 1.24. The standard InChI is InChI=1S/C15H18N4O3/c1-9(2)13(15(21)22)19-14(20)11(6-16)7-18-12-5-4-10(3)17-8-12/h4-5,7-9,13,18H,1-3H3,(H,19,20)(H,21,22)/b11-7-. The van der Waals surface area contributed by atoms with E-state index in [-0.39, 0.29) is 11.5 Å². The summed E-state index contributed by atoms with van der Waals surface area (Å²) in [7, 11) is 0. The van der Waals surface area contributed by atoms with Gasteiger partial charge < -0.3 is 15.7 Å². The van der Waals surface area contributed by atoms with Gasteiger partial charge in [0, 0.05) is 11.9 Å². The lowest BCUT2D eigenvalue weighted by Gasteiger charge is -2.17. The van der Waals surface area contributed by atoms with E-state index in [9.17, 15) is 9.59 Å². The van der Waals surface area contributed by atoms with E-state index >= 15 is 0 Å². The largest absolute Gasteiger partial charge is 0.480 e. The third kappa shape index (κ3) is 4.90. The molecular formula is C15H18N4O3. The number of carbonyl (C=O) groups excluding carboxylic acids is 1. The average Bonchev–Trinajstić information content (AvgIpc) is 2.46. The summed E-state index contributed by atoms with van der Waals surface area (Å²) in [6.07, 6.45) is 2.79. The number of carboxylic acid groups (broad SMARTS) is 1. The van der Waals surface area contributed by atoms with E-state index in [1.54, 1.807) is 38.2 Å². The first kappa shape index (κ1) is 17.2. The quantitative estimate of drug-likeness (QED) is 0.541. The number of rotatable bonds is 6. The van der Waals surface area contributed by atoms with Crippen LogP contribution in [0.25, 0.3) is 0 Å². The van der Waals surface area contributed by atoms with Crippen LogP contribution in [0.1, 0.15) is 19.5 Å². The Morgan fingerprint density at radius 2 is 2.09 bits per heavy atom. The maximum Gasteiger partial charge on any atom is 0.326 e. The number of carboxylic acids is 1. The molecule has 0 aromatic carbocycles. The smallest absolute Gasteiger partial charge is 0.326 e. The van der Waals surface area contributed by atoms with Gasteiger partial charge in [-0.3, -0.25) is 9.78 Å². The van der Waals surface area contributed by atoms with Crippen LogP contribution in [0.15, 0.2) is 30.1 Å². The topological polar surface area (TPSA) is 115 Å². The number of hydrogen-bond acceptors (Lipinski definition) is 5. The van der Waals surface area contributed by atoms with Crippen LogP contribution >= 0.6 is 0 Å². The summed E-state index contributed by atoms with van der Waals surface area (Å²) in [5, 5.41) is 23.2. The first-order valence-corrected chi connectivity index (χ1v) is 6.68. The molecule has 0 aliphatic carbocycles. The highest BCUT2D eigenvalue weighted by molar-refractivity contribution is 5.99. The number of pyridine rings is 1. The van der Waals surface area contributed by atoms with Crippen molar-refractivity contribution in [1.29, 1.82) is 5.26 Å². The summed E-state index contributed by atoms with van der Waals surface area (Å²) >= 11 is 0. The van der Waals surface area contributed by atoms with Gasteiger partial charge in [0.1, 0.15) is 17.7 Å². The van der Waals surface area contributed by atoms with E-state index in [2.05, 4.69) is 15.6 Å². The van der Waals surface area contributed by atoms with Crippen molar-refractivity contribution in [2.45, 2.75) is 26.8 Å². The summed E-state index contributed by atoms with van der Waals surface area (Å²) in [5.74, 6) is -2.18. The monoisotopic (exact) mass is 302 g/mol. The zero-order valence-corrected chi connectivity index (χ0v) is 12.6. The molecule has 1 heterocycles. The highest BCUT2D eigenvalue weighted by Crippen LogP contribution is 2.07. The molecule has 0 aliphatic rings. The summed E-state index contributed by atoms with van der Waals surface area (Å²) in [6, 6.07) is 4.22. The highest BCUT2D eigenvalue weighted by Gasteiger charge is 2.24. The third-order valence-corrected chi connectivity index (χ3v) is 2.88. The molecule has 0 aliphatic heterocycles. The predicted octanol–water partition coefficient (Wildman–Crippen LogP) is 1.43. The Balaban J connectivity index is 2.80. The van der Waals surface area contributed by atoms with E-state index in [4.69, 9.17) is 10.4 Å². The normalized spacial score (nSPS) is 12.4. The fourth-order valence-corrected chi connectivity index (χ4v) is 1.59. The third-order valence-electron chi connectivity index (χ3n) is 2.88. The maximum atomic E-state index is 11.9. The lowest BCUT2D eigenvalue weighted by Crippen LogP contribution is -2.44. The van der Waals surface area contributed by atoms with Crippen LogP contribution in [-0.2, 0) is 9.59 Å². The van der Waals surface area contributed by atoms with Gasteiger partial charge in [-0.2, -0.15) is 5.26 Å². The number of hydrogen-bond donors (Lipinski definition) is 3. The molecule has 1 amide bonds. The van der Waals surface area contributed by atoms with Gasteiger partial charge in [0.2, 0.25) is 0 Å². The van der Waals surface area contributed by atoms with Crippen molar-refractivity contribution in [2.24, 2.45) is 5.92 Å². The van der Waals surface area contributed by atoms with Crippen molar-refractivity contribution in [2.75, 3.05) is 5.32 Å². The predicted molar refractivity (Wildman–Crippen MR) is 80.7 cm³/mol. The number of nitrogens with one attached hydrogen (secondary N) is 2. The fourth-order valence-electron chi connectivity index (χ4n) is 1.59. The molecule has 3 N–H and O–H groups in total. The molecule has 1 aromatic rings. The molecule has 0 saturated carbocycles. The average molecular weight is 302 g/mol. The minimum absolute atomic E-state index is 0.215. The summed E-state index contributed by atoms with van der Waals surface area (Å²) < 4.78 is 0. The Hall–Kier alpha value is -2.88. The maximum absolute atomic E-state index is 11.9. The van der Waals surface area contributed by atoms with Gasteiger partial charge in [-0.05, 0) is 25.0 Å². The van der Waals surface area contributed by atoms with Crippen molar-refractivity contribution >= 4 is 17.6 Å². The molecule has 1 rings (SSSR count). The second kappa shape index (κ2) is 7.78. The lowest BCUT2D eigenvalue weighted by atomic mass is 10.0. The Labute approximate surface area is 128 Å². The van der Waals surface area contributed by atoms with Crippen LogP contribution in [-0.4, -0.2) is 28.0 Å². The fraction of sp³-hybridized carbons (Fsp3) is 0.333. The molecule has 0 fully saturated rings. The Bertz CT molecular complexity index is 615. The van der Waals surface area contributed by atoms with Gasteiger partial charge in [0.25, 0.3) is 5.91 Å². The minimum atomic E-state index is -1.14. The van der Waals surface area contributed by atoms with Crippen molar-refractivity contribution in [3.8, 4) is 6.07 Å². The van der Waals surface area contributed by atoms with Crippen LogP contribution in [0.5, 0.6) is 0 Å². The number of amides is 1. The molecule has 22 heavy (non-hydrogen) atoms. The summed E-state index contributed by atoms with van der Waals surface area (Å²) in [6.45, 7) is 5.18. The second-order valence-corrected chi connectivity index (χ2v) is 5.04. The highest BCUT2D eigenvalue weighted by atomic mass is 16.4. The first-order chi connectivity index (χ1) is 10.3. The Morgan fingerprint density at radius 1 is 1.41 bits per heavy atom.